The first-order valence-electron chi connectivity index (χ1n) is 9.79. The van der Waals surface area contributed by atoms with Crippen molar-refractivity contribution in [3.63, 3.8) is 0 Å². The van der Waals surface area contributed by atoms with Crippen molar-refractivity contribution < 1.29 is 4.79 Å². The molecular weight excluding hydrogens is 386 g/mol. The molecule has 150 valence electrons. The van der Waals surface area contributed by atoms with Crippen LogP contribution in [0.15, 0.2) is 41.2 Å². The van der Waals surface area contributed by atoms with Crippen LogP contribution in [0.5, 0.6) is 0 Å². The zero-order valence-electron chi connectivity index (χ0n) is 16.6. The molecule has 2 heterocycles. The van der Waals surface area contributed by atoms with Gasteiger partial charge in [-0.2, -0.15) is 0 Å². The van der Waals surface area contributed by atoms with Crippen LogP contribution in [-0.2, 0) is 24.3 Å². The van der Waals surface area contributed by atoms with E-state index in [-0.39, 0.29) is 17.9 Å². The molecule has 0 fully saturated rings. The fraction of sp³-hybridized carbons (Fsp3) is 0.304. The van der Waals surface area contributed by atoms with Crippen LogP contribution in [0.3, 0.4) is 0 Å². The first-order chi connectivity index (χ1) is 13.9. The van der Waals surface area contributed by atoms with E-state index < -0.39 is 0 Å². The average Bonchev–Trinajstić information content (AvgIpc) is 2.69. The van der Waals surface area contributed by atoms with Crippen LogP contribution in [0.2, 0.25) is 5.02 Å². The molecule has 0 atom stereocenters. The molecule has 2 N–H and O–H groups in total. The summed E-state index contributed by atoms with van der Waals surface area (Å²) in [6.07, 6.45) is 0.734. The van der Waals surface area contributed by atoms with E-state index in [4.69, 9.17) is 11.6 Å². The number of benzene rings is 2. The monoisotopic (exact) mass is 409 g/mol. The maximum atomic E-state index is 13.1. The molecule has 1 aliphatic rings. The Morgan fingerprint density at radius 3 is 2.72 bits per heavy atom. The van der Waals surface area contributed by atoms with Crippen LogP contribution >= 0.6 is 11.6 Å². The van der Waals surface area contributed by atoms with Crippen molar-refractivity contribution in [3.8, 4) is 0 Å². The van der Waals surface area contributed by atoms with Gasteiger partial charge < -0.3 is 10.3 Å². The third-order valence-corrected chi connectivity index (χ3v) is 5.72. The van der Waals surface area contributed by atoms with Gasteiger partial charge in [-0.1, -0.05) is 29.8 Å². The number of carbonyl (C=O) groups excluding carboxylic acids is 1. The fourth-order valence-electron chi connectivity index (χ4n) is 3.99. The first kappa shape index (κ1) is 19.7. The van der Waals surface area contributed by atoms with Crippen LogP contribution in [0.25, 0.3) is 10.9 Å². The Hall–Kier alpha value is -2.63. The van der Waals surface area contributed by atoms with Crippen molar-refractivity contribution in [1.82, 2.24) is 15.2 Å². The van der Waals surface area contributed by atoms with Crippen molar-refractivity contribution >= 4 is 28.4 Å². The molecule has 1 aliphatic heterocycles. The second kappa shape index (κ2) is 8.01. The lowest BCUT2D eigenvalue weighted by molar-refractivity contribution is -0.122. The Labute approximate surface area is 174 Å². The van der Waals surface area contributed by atoms with Crippen LogP contribution in [0.1, 0.15) is 27.9 Å². The van der Waals surface area contributed by atoms with E-state index in [1.165, 1.54) is 0 Å². The summed E-state index contributed by atoms with van der Waals surface area (Å²) in [5, 5.41) is 4.35. The summed E-state index contributed by atoms with van der Waals surface area (Å²) < 4.78 is 0. The molecule has 0 aliphatic carbocycles. The number of amides is 1. The summed E-state index contributed by atoms with van der Waals surface area (Å²) >= 11 is 5.89. The summed E-state index contributed by atoms with van der Waals surface area (Å²) in [6.45, 7) is 6.00. The number of hydrogen-bond donors (Lipinski definition) is 2. The van der Waals surface area contributed by atoms with Gasteiger partial charge in [0.25, 0.3) is 0 Å². The number of aromatic amines is 1. The van der Waals surface area contributed by atoms with E-state index in [0.717, 1.165) is 51.8 Å². The Balaban J connectivity index is 1.46. The van der Waals surface area contributed by atoms with Gasteiger partial charge in [0.15, 0.2) is 5.43 Å². The summed E-state index contributed by atoms with van der Waals surface area (Å²) in [5.74, 6) is -0.0488. The van der Waals surface area contributed by atoms with Gasteiger partial charge in [-0.3, -0.25) is 14.5 Å². The van der Waals surface area contributed by atoms with Crippen LogP contribution in [-0.4, -0.2) is 28.9 Å². The third kappa shape index (κ3) is 4.21. The zero-order chi connectivity index (χ0) is 20.5. The van der Waals surface area contributed by atoms with Crippen molar-refractivity contribution in [1.29, 1.82) is 0 Å². The van der Waals surface area contributed by atoms with E-state index >= 15 is 0 Å². The van der Waals surface area contributed by atoms with Gasteiger partial charge in [-0.25, -0.2) is 0 Å². The normalized spacial score (nSPS) is 14.0. The minimum atomic E-state index is -0.0488. The SMILES string of the molecule is Cc1cc(C)c2[nH]c3c(c(=O)c2c1)CN(CC(=O)NCc1ccc(Cl)cc1)CC3. The topological polar surface area (TPSA) is 65.2 Å². The van der Waals surface area contributed by atoms with Crippen LogP contribution in [0.4, 0.5) is 0 Å². The predicted molar refractivity (Wildman–Crippen MR) is 116 cm³/mol. The Kier molecular flexibility index (Phi) is 5.43. The highest BCUT2D eigenvalue weighted by atomic mass is 35.5. The fourth-order valence-corrected chi connectivity index (χ4v) is 4.11. The van der Waals surface area contributed by atoms with Gasteiger partial charge in [0.05, 0.1) is 12.1 Å². The number of carbonyl (C=O) groups is 1. The van der Waals surface area contributed by atoms with Crippen molar-refractivity contribution in [2.24, 2.45) is 0 Å². The van der Waals surface area contributed by atoms with E-state index in [1.54, 1.807) is 0 Å². The number of aryl methyl sites for hydroxylation is 2. The second-order valence-corrected chi connectivity index (χ2v) is 8.22. The lowest BCUT2D eigenvalue weighted by Crippen LogP contribution is -2.41. The van der Waals surface area contributed by atoms with Gasteiger partial charge in [-0.15, -0.1) is 0 Å². The molecule has 0 saturated heterocycles. The smallest absolute Gasteiger partial charge is 0.234 e. The highest BCUT2D eigenvalue weighted by molar-refractivity contribution is 6.30. The summed E-state index contributed by atoms with van der Waals surface area (Å²) in [4.78, 5) is 31.0. The van der Waals surface area contributed by atoms with E-state index in [1.807, 2.05) is 49.1 Å². The van der Waals surface area contributed by atoms with Gasteiger partial charge in [0, 0.05) is 47.7 Å². The molecule has 4 rings (SSSR count). The number of hydrogen-bond acceptors (Lipinski definition) is 3. The largest absolute Gasteiger partial charge is 0.358 e. The maximum Gasteiger partial charge on any atom is 0.234 e. The number of pyridine rings is 1. The number of halogens is 1. The number of nitrogens with zero attached hydrogens (tertiary/aromatic N) is 1. The van der Waals surface area contributed by atoms with E-state index in [9.17, 15) is 9.59 Å². The average molecular weight is 410 g/mol. The Bertz CT molecular complexity index is 1140. The van der Waals surface area contributed by atoms with Crippen molar-refractivity contribution in [2.45, 2.75) is 33.4 Å². The molecule has 0 spiro atoms. The highest BCUT2D eigenvalue weighted by Gasteiger charge is 2.23. The lowest BCUT2D eigenvalue weighted by Gasteiger charge is -2.28. The minimum absolute atomic E-state index is 0.0488. The number of fused-ring (bicyclic) bond motifs is 2. The summed E-state index contributed by atoms with van der Waals surface area (Å²) in [5.41, 5.74) is 5.94. The van der Waals surface area contributed by atoms with Gasteiger partial charge in [0.1, 0.15) is 0 Å². The Morgan fingerprint density at radius 1 is 1.21 bits per heavy atom. The standard InChI is InChI=1S/C23H24ClN3O2/c1-14-9-15(2)22-18(10-14)23(29)19-12-27(8-7-20(19)26-22)13-21(28)25-11-16-3-5-17(24)6-4-16/h3-6,9-10H,7-8,11-13H2,1-2H3,(H,25,28)(H,26,29). The molecule has 3 aromatic rings. The zero-order valence-corrected chi connectivity index (χ0v) is 17.4. The number of rotatable bonds is 4. The molecular formula is C23H24ClN3O2. The maximum absolute atomic E-state index is 13.1. The van der Waals surface area contributed by atoms with Crippen LogP contribution < -0.4 is 10.7 Å². The molecule has 0 bridgehead atoms. The van der Waals surface area contributed by atoms with Gasteiger partial charge in [0.2, 0.25) is 5.91 Å². The Morgan fingerprint density at radius 2 is 1.97 bits per heavy atom. The van der Waals surface area contributed by atoms with Gasteiger partial charge in [-0.05, 0) is 48.7 Å². The van der Waals surface area contributed by atoms with Crippen molar-refractivity contribution in [2.75, 3.05) is 13.1 Å². The quantitative estimate of drug-likeness (QED) is 0.693. The molecule has 1 aromatic heterocycles. The molecule has 0 radical (unpaired) electrons. The van der Waals surface area contributed by atoms with E-state index in [0.29, 0.717) is 18.1 Å². The number of nitrogens with one attached hydrogen (secondary N) is 2. The van der Waals surface area contributed by atoms with Crippen LogP contribution in [0, 0.1) is 13.8 Å². The van der Waals surface area contributed by atoms with E-state index in [2.05, 4.69) is 16.4 Å². The molecule has 5 nitrogen and oxygen atoms in total. The third-order valence-electron chi connectivity index (χ3n) is 5.47. The minimum Gasteiger partial charge on any atom is -0.358 e. The molecule has 29 heavy (non-hydrogen) atoms. The second-order valence-electron chi connectivity index (χ2n) is 7.78. The summed E-state index contributed by atoms with van der Waals surface area (Å²) in [7, 11) is 0. The molecule has 0 saturated carbocycles. The molecule has 1 amide bonds. The highest BCUT2D eigenvalue weighted by Crippen LogP contribution is 2.21. The molecule has 6 heteroatoms. The number of H-pyrrole nitrogens is 1. The summed E-state index contributed by atoms with van der Waals surface area (Å²) in [6, 6.07) is 11.4. The predicted octanol–water partition coefficient (Wildman–Crippen LogP) is 3.47. The molecule has 2 aromatic carbocycles. The number of aromatic nitrogens is 1. The van der Waals surface area contributed by atoms with Gasteiger partial charge >= 0.3 is 0 Å². The molecule has 0 unspecified atom stereocenters. The lowest BCUT2D eigenvalue weighted by atomic mass is 9.99. The first-order valence-corrected chi connectivity index (χ1v) is 10.2. The van der Waals surface area contributed by atoms with Crippen molar-refractivity contribution in [3.05, 3.63) is 79.6 Å².